The number of hydrogen-bond donors (Lipinski definition) is 0. The number of esters is 3. The monoisotopic (exact) mass is 805 g/mol. The van der Waals surface area contributed by atoms with Crippen molar-refractivity contribution in [2.75, 3.05) is 13.2 Å². The van der Waals surface area contributed by atoms with Crippen molar-refractivity contribution in [3.8, 4) is 0 Å². The number of rotatable bonds is 46. The molecule has 0 heterocycles. The van der Waals surface area contributed by atoms with Crippen molar-refractivity contribution < 1.29 is 28.6 Å². The average Bonchev–Trinajstić information content (AvgIpc) is 3.21. The van der Waals surface area contributed by atoms with E-state index in [1.807, 2.05) is 0 Å². The molecule has 0 aromatic heterocycles. The Morgan fingerprint density at radius 3 is 0.912 bits per heavy atom. The van der Waals surface area contributed by atoms with Crippen molar-refractivity contribution in [1.29, 1.82) is 0 Å². The van der Waals surface area contributed by atoms with Crippen LogP contribution in [-0.2, 0) is 28.6 Å². The number of unbranched alkanes of at least 4 members (excludes halogenated alkanes) is 33. The highest BCUT2D eigenvalue weighted by Gasteiger charge is 2.19. The lowest BCUT2D eigenvalue weighted by atomic mass is 10.0. The fourth-order valence-electron chi connectivity index (χ4n) is 7.44. The largest absolute Gasteiger partial charge is 0.462 e. The van der Waals surface area contributed by atoms with E-state index in [-0.39, 0.29) is 31.1 Å². The molecule has 0 amide bonds. The third-order valence-electron chi connectivity index (χ3n) is 11.3. The van der Waals surface area contributed by atoms with E-state index in [1.54, 1.807) is 0 Å². The highest BCUT2D eigenvalue weighted by Crippen LogP contribution is 2.16. The van der Waals surface area contributed by atoms with Gasteiger partial charge in [-0.05, 0) is 44.9 Å². The molecule has 57 heavy (non-hydrogen) atoms. The molecule has 336 valence electrons. The Labute approximate surface area is 354 Å². The fraction of sp³-hybridized carbons (Fsp3) is 0.902. The Bertz CT molecular complexity index is 885. The molecule has 0 aliphatic heterocycles. The second kappa shape index (κ2) is 46.8. The van der Waals surface area contributed by atoms with Crippen molar-refractivity contribution in [3.63, 3.8) is 0 Å². The standard InChI is InChI=1S/C51H96O6/c1-4-7-10-13-16-18-20-22-23-24-25-26-27-28-29-30-32-33-35-38-41-44-50(53)56-47-48(46-55-49(52)43-40-37-15-12-9-6-3)57-51(54)45-42-39-36-34-31-21-19-17-14-11-8-5-2/h17,19,48H,4-16,18,20-47H2,1-3H3/b19-17-. The van der Waals surface area contributed by atoms with Crippen LogP contribution in [0, 0.1) is 0 Å². The van der Waals surface area contributed by atoms with Gasteiger partial charge >= 0.3 is 17.9 Å². The maximum Gasteiger partial charge on any atom is 0.306 e. The van der Waals surface area contributed by atoms with Gasteiger partial charge in [0, 0.05) is 19.3 Å². The van der Waals surface area contributed by atoms with Gasteiger partial charge in [0.2, 0.25) is 0 Å². The van der Waals surface area contributed by atoms with Crippen molar-refractivity contribution >= 4 is 17.9 Å². The summed E-state index contributed by atoms with van der Waals surface area (Å²) in [5, 5.41) is 0. The van der Waals surface area contributed by atoms with Crippen LogP contribution in [0.3, 0.4) is 0 Å². The summed E-state index contributed by atoms with van der Waals surface area (Å²) in [6.07, 6.45) is 50.8. The van der Waals surface area contributed by atoms with E-state index in [2.05, 4.69) is 32.9 Å². The van der Waals surface area contributed by atoms with E-state index >= 15 is 0 Å². The molecule has 6 heteroatoms. The molecule has 0 aliphatic carbocycles. The Balaban J connectivity index is 4.10. The van der Waals surface area contributed by atoms with Gasteiger partial charge in [0.25, 0.3) is 0 Å². The van der Waals surface area contributed by atoms with Gasteiger partial charge in [0.1, 0.15) is 13.2 Å². The molecule has 0 bridgehead atoms. The zero-order chi connectivity index (χ0) is 41.5. The van der Waals surface area contributed by atoms with Crippen LogP contribution in [0.2, 0.25) is 0 Å². The summed E-state index contributed by atoms with van der Waals surface area (Å²) >= 11 is 0. The number of ether oxygens (including phenoxy) is 3. The minimum absolute atomic E-state index is 0.0694. The van der Waals surface area contributed by atoms with Crippen LogP contribution in [0.4, 0.5) is 0 Å². The highest BCUT2D eigenvalue weighted by atomic mass is 16.6. The molecular weight excluding hydrogens is 709 g/mol. The van der Waals surface area contributed by atoms with Crippen LogP contribution in [0.5, 0.6) is 0 Å². The molecule has 6 nitrogen and oxygen atoms in total. The summed E-state index contributed by atoms with van der Waals surface area (Å²) in [4.78, 5) is 37.6. The molecule has 0 saturated heterocycles. The zero-order valence-corrected chi connectivity index (χ0v) is 38.4. The number of hydrogen-bond acceptors (Lipinski definition) is 6. The summed E-state index contributed by atoms with van der Waals surface area (Å²) in [7, 11) is 0. The molecule has 0 aromatic carbocycles. The van der Waals surface area contributed by atoms with Gasteiger partial charge in [-0.2, -0.15) is 0 Å². The molecule has 0 fully saturated rings. The first-order valence-electron chi connectivity index (χ1n) is 25.2. The summed E-state index contributed by atoms with van der Waals surface area (Å²) in [6.45, 7) is 6.58. The van der Waals surface area contributed by atoms with Crippen LogP contribution in [0.1, 0.15) is 278 Å². The van der Waals surface area contributed by atoms with E-state index in [0.29, 0.717) is 19.3 Å². The summed E-state index contributed by atoms with van der Waals surface area (Å²) in [5.41, 5.74) is 0. The molecule has 0 spiro atoms. The van der Waals surface area contributed by atoms with Gasteiger partial charge in [0.15, 0.2) is 6.10 Å². The van der Waals surface area contributed by atoms with Gasteiger partial charge in [-0.3, -0.25) is 14.4 Å². The first-order valence-corrected chi connectivity index (χ1v) is 25.2. The fourth-order valence-corrected chi connectivity index (χ4v) is 7.44. The first kappa shape index (κ1) is 55.2. The van der Waals surface area contributed by atoms with E-state index in [4.69, 9.17) is 14.2 Å². The number of carbonyl (C=O) groups is 3. The van der Waals surface area contributed by atoms with Gasteiger partial charge in [-0.25, -0.2) is 0 Å². The summed E-state index contributed by atoms with van der Waals surface area (Å²) in [6, 6.07) is 0. The third-order valence-corrected chi connectivity index (χ3v) is 11.3. The second-order valence-electron chi connectivity index (χ2n) is 17.1. The molecule has 0 N–H and O–H groups in total. The third kappa shape index (κ3) is 45.1. The van der Waals surface area contributed by atoms with Gasteiger partial charge in [-0.15, -0.1) is 0 Å². The van der Waals surface area contributed by atoms with Crippen molar-refractivity contribution in [2.24, 2.45) is 0 Å². The van der Waals surface area contributed by atoms with E-state index in [0.717, 1.165) is 64.2 Å². The maximum absolute atomic E-state index is 12.7. The Morgan fingerprint density at radius 2 is 0.579 bits per heavy atom. The van der Waals surface area contributed by atoms with Gasteiger partial charge < -0.3 is 14.2 Å². The zero-order valence-electron chi connectivity index (χ0n) is 38.4. The Morgan fingerprint density at radius 1 is 0.333 bits per heavy atom. The van der Waals surface area contributed by atoms with Gasteiger partial charge in [0.05, 0.1) is 0 Å². The number of allylic oxidation sites excluding steroid dienone is 2. The molecule has 0 aromatic rings. The summed E-state index contributed by atoms with van der Waals surface area (Å²) in [5.74, 6) is -0.876. The van der Waals surface area contributed by atoms with E-state index in [1.165, 1.54) is 173 Å². The second-order valence-corrected chi connectivity index (χ2v) is 17.1. The topological polar surface area (TPSA) is 78.9 Å². The predicted octanol–water partition coefficient (Wildman–Crippen LogP) is 16.2. The molecular formula is C51H96O6. The van der Waals surface area contributed by atoms with Crippen molar-refractivity contribution in [1.82, 2.24) is 0 Å². The molecule has 1 unspecified atom stereocenters. The highest BCUT2D eigenvalue weighted by molar-refractivity contribution is 5.71. The number of carbonyl (C=O) groups excluding carboxylic acids is 3. The van der Waals surface area contributed by atoms with Crippen LogP contribution in [0.15, 0.2) is 12.2 Å². The predicted molar refractivity (Wildman–Crippen MR) is 243 cm³/mol. The smallest absolute Gasteiger partial charge is 0.306 e. The van der Waals surface area contributed by atoms with Crippen LogP contribution in [0.25, 0.3) is 0 Å². The van der Waals surface area contributed by atoms with Crippen LogP contribution in [-0.4, -0.2) is 37.2 Å². The van der Waals surface area contributed by atoms with Crippen LogP contribution >= 0.6 is 0 Å². The minimum Gasteiger partial charge on any atom is -0.462 e. The van der Waals surface area contributed by atoms with Crippen LogP contribution < -0.4 is 0 Å². The SMILES string of the molecule is CCCCC/C=C\CCCCCCCC(=O)OC(COC(=O)CCCCCCCC)COC(=O)CCCCCCCCCCCCCCCCCCCCCCC. The Hall–Kier alpha value is -1.85. The molecule has 0 aliphatic rings. The molecule has 0 saturated carbocycles. The van der Waals surface area contributed by atoms with Crippen molar-refractivity contribution in [2.45, 2.75) is 284 Å². The summed E-state index contributed by atoms with van der Waals surface area (Å²) < 4.78 is 16.7. The Kier molecular flexibility index (Phi) is 45.3. The average molecular weight is 805 g/mol. The lowest BCUT2D eigenvalue weighted by Crippen LogP contribution is -2.30. The van der Waals surface area contributed by atoms with E-state index in [9.17, 15) is 14.4 Å². The molecule has 0 radical (unpaired) electrons. The minimum atomic E-state index is -0.765. The normalized spacial score (nSPS) is 12.0. The lowest BCUT2D eigenvalue weighted by molar-refractivity contribution is -0.167. The van der Waals surface area contributed by atoms with Gasteiger partial charge in [-0.1, -0.05) is 226 Å². The van der Waals surface area contributed by atoms with E-state index < -0.39 is 6.10 Å². The molecule has 1 atom stereocenters. The maximum atomic E-state index is 12.7. The molecule has 0 rings (SSSR count). The van der Waals surface area contributed by atoms with Crippen molar-refractivity contribution in [3.05, 3.63) is 12.2 Å². The first-order chi connectivity index (χ1) is 28.0. The quantitative estimate of drug-likeness (QED) is 0.0264. The lowest BCUT2D eigenvalue weighted by Gasteiger charge is -2.18.